The highest BCUT2D eigenvalue weighted by atomic mass is 127. The molecular weight excluding hydrogens is 393 g/mol. The molecule has 0 aliphatic carbocycles. The van der Waals surface area contributed by atoms with Crippen molar-refractivity contribution >= 4 is 41.4 Å². The van der Waals surface area contributed by atoms with E-state index < -0.39 is 0 Å². The Bertz CT molecular complexity index is 658. The molecule has 6 N–H and O–H groups in total. The number of nitrogens with one attached hydrogen (secondary N) is 2. The number of halogens is 1. The number of H-pyrrole nitrogens is 1. The van der Waals surface area contributed by atoms with Gasteiger partial charge < -0.3 is 16.8 Å². The maximum Gasteiger partial charge on any atom is 0.193 e. The van der Waals surface area contributed by atoms with Gasteiger partial charge >= 0.3 is 0 Å². The summed E-state index contributed by atoms with van der Waals surface area (Å²) in [6.07, 6.45) is 1.39. The van der Waals surface area contributed by atoms with Crippen LogP contribution >= 0.6 is 24.0 Å². The number of aryl methyl sites for hydroxylation is 1. The van der Waals surface area contributed by atoms with Crippen molar-refractivity contribution in [2.45, 2.75) is 12.8 Å². The van der Waals surface area contributed by atoms with Crippen LogP contribution in [0.3, 0.4) is 0 Å². The quantitative estimate of drug-likeness (QED) is 0.258. The van der Waals surface area contributed by atoms with Gasteiger partial charge in [-0.1, -0.05) is 18.2 Å². The Morgan fingerprint density at radius 3 is 2.77 bits per heavy atom. The second-order valence-corrected chi connectivity index (χ2v) is 4.44. The average molecular weight is 411 g/mol. The third kappa shape index (κ3) is 4.92. The third-order valence-electron chi connectivity index (χ3n) is 2.89. The fourth-order valence-electron chi connectivity index (χ4n) is 1.86. The zero-order valence-corrected chi connectivity index (χ0v) is 14.2. The molecule has 2 aromatic rings. The first kappa shape index (κ1) is 17.8. The molecule has 1 heterocycles. The van der Waals surface area contributed by atoms with Crippen LogP contribution in [0.2, 0.25) is 0 Å². The Hall–Kier alpha value is -2.28. The molecule has 0 bridgehead atoms. The second-order valence-electron chi connectivity index (χ2n) is 4.44. The molecule has 22 heavy (non-hydrogen) atoms. The van der Waals surface area contributed by atoms with Crippen LogP contribution in [-0.2, 0) is 6.42 Å². The van der Waals surface area contributed by atoms with E-state index >= 15 is 0 Å². The molecule has 2 rings (SSSR count). The lowest BCUT2D eigenvalue weighted by Crippen LogP contribution is -2.22. The fraction of sp³-hybridized carbons (Fsp3) is 0.214. The summed E-state index contributed by atoms with van der Waals surface area (Å²) >= 11 is 0. The maximum absolute atomic E-state index is 8.95. The van der Waals surface area contributed by atoms with E-state index in [4.69, 9.17) is 16.7 Å². The SMILES string of the molecule is I.N#Cc1c(N)n[nH]c1CCCN=C(N)Nc1ccccc1. The summed E-state index contributed by atoms with van der Waals surface area (Å²) in [6.45, 7) is 0.551. The number of benzene rings is 1. The van der Waals surface area contributed by atoms with Gasteiger partial charge in [-0.2, -0.15) is 10.4 Å². The standard InChI is InChI=1S/C14H17N7.HI/c15-9-11-12(20-21-13(11)16)7-4-8-18-14(17)19-10-5-2-1-3-6-10;/h1-3,5-6H,4,7-8H2,(H3,16,20,21)(H3,17,18,19);1H. The summed E-state index contributed by atoms with van der Waals surface area (Å²) in [5.41, 5.74) is 13.4. The maximum atomic E-state index is 8.95. The van der Waals surface area contributed by atoms with Gasteiger partial charge in [-0.25, -0.2) is 0 Å². The summed E-state index contributed by atoms with van der Waals surface area (Å²) in [5.74, 6) is 0.604. The largest absolute Gasteiger partial charge is 0.381 e. The van der Waals surface area contributed by atoms with Gasteiger partial charge in [0.05, 0.1) is 5.69 Å². The predicted molar refractivity (Wildman–Crippen MR) is 98.0 cm³/mol. The number of aliphatic imine (C=N–C) groups is 1. The van der Waals surface area contributed by atoms with Crippen molar-refractivity contribution in [3.8, 4) is 6.07 Å². The number of nitrogen functional groups attached to an aromatic ring is 1. The van der Waals surface area contributed by atoms with Crippen LogP contribution in [0.5, 0.6) is 0 Å². The molecular formula is C14H18IN7. The lowest BCUT2D eigenvalue weighted by atomic mass is 10.1. The van der Waals surface area contributed by atoms with Crippen molar-refractivity contribution in [3.05, 3.63) is 41.6 Å². The van der Waals surface area contributed by atoms with E-state index in [1.54, 1.807) is 0 Å². The lowest BCUT2D eigenvalue weighted by Gasteiger charge is -2.04. The van der Waals surface area contributed by atoms with Crippen molar-refractivity contribution in [2.75, 3.05) is 17.6 Å². The highest BCUT2D eigenvalue weighted by Crippen LogP contribution is 2.13. The number of nitriles is 1. The Morgan fingerprint density at radius 2 is 2.09 bits per heavy atom. The minimum atomic E-state index is 0. The van der Waals surface area contributed by atoms with Crippen molar-refractivity contribution in [3.63, 3.8) is 0 Å². The summed E-state index contributed by atoms with van der Waals surface area (Å²) in [4.78, 5) is 4.23. The van der Waals surface area contributed by atoms with Gasteiger partial charge in [0.25, 0.3) is 0 Å². The summed E-state index contributed by atoms with van der Waals surface area (Å²) in [7, 11) is 0. The summed E-state index contributed by atoms with van der Waals surface area (Å²) in [5, 5.41) is 18.5. The number of para-hydroxylation sites is 1. The van der Waals surface area contributed by atoms with E-state index in [9.17, 15) is 0 Å². The Morgan fingerprint density at radius 1 is 1.36 bits per heavy atom. The molecule has 0 unspecified atom stereocenters. The van der Waals surface area contributed by atoms with Gasteiger partial charge in [-0.15, -0.1) is 24.0 Å². The van der Waals surface area contributed by atoms with Crippen LogP contribution in [-0.4, -0.2) is 22.7 Å². The van der Waals surface area contributed by atoms with Crippen molar-refractivity contribution in [2.24, 2.45) is 10.7 Å². The van der Waals surface area contributed by atoms with Crippen LogP contribution in [0.25, 0.3) is 0 Å². The molecule has 0 aliphatic heterocycles. The third-order valence-corrected chi connectivity index (χ3v) is 2.89. The first-order chi connectivity index (χ1) is 10.2. The predicted octanol–water partition coefficient (Wildman–Crippen LogP) is 1.84. The first-order valence-corrected chi connectivity index (χ1v) is 6.55. The molecule has 0 saturated carbocycles. The smallest absolute Gasteiger partial charge is 0.193 e. The molecule has 0 atom stereocenters. The molecule has 1 aromatic carbocycles. The molecule has 0 saturated heterocycles. The molecule has 0 radical (unpaired) electrons. The van der Waals surface area contributed by atoms with Crippen LogP contribution < -0.4 is 16.8 Å². The monoisotopic (exact) mass is 411 g/mol. The van der Waals surface area contributed by atoms with Gasteiger partial charge in [0.1, 0.15) is 11.6 Å². The van der Waals surface area contributed by atoms with Crippen LogP contribution in [0.4, 0.5) is 11.5 Å². The Balaban J connectivity index is 0.00000242. The average Bonchev–Trinajstić information content (AvgIpc) is 2.85. The zero-order valence-electron chi connectivity index (χ0n) is 11.9. The molecule has 0 aliphatic rings. The number of nitrogens with two attached hydrogens (primary N) is 2. The normalized spacial score (nSPS) is 10.6. The minimum Gasteiger partial charge on any atom is -0.381 e. The summed E-state index contributed by atoms with van der Waals surface area (Å²) < 4.78 is 0. The number of nitrogens with zero attached hydrogens (tertiary/aromatic N) is 3. The molecule has 0 amide bonds. The van der Waals surface area contributed by atoms with Crippen LogP contribution in [0.15, 0.2) is 35.3 Å². The number of guanidine groups is 1. The van der Waals surface area contributed by atoms with E-state index in [2.05, 4.69) is 20.5 Å². The Labute approximate surface area is 145 Å². The highest BCUT2D eigenvalue weighted by Gasteiger charge is 2.09. The second kappa shape index (κ2) is 8.89. The molecule has 0 spiro atoms. The number of aromatic amines is 1. The molecule has 7 nitrogen and oxygen atoms in total. The summed E-state index contributed by atoms with van der Waals surface area (Å²) in [6, 6.07) is 11.6. The van der Waals surface area contributed by atoms with E-state index in [0.717, 1.165) is 17.8 Å². The number of aromatic nitrogens is 2. The lowest BCUT2D eigenvalue weighted by molar-refractivity contribution is 0.802. The van der Waals surface area contributed by atoms with E-state index in [1.807, 2.05) is 36.4 Å². The van der Waals surface area contributed by atoms with E-state index in [0.29, 0.717) is 24.5 Å². The zero-order chi connectivity index (χ0) is 15.1. The van der Waals surface area contributed by atoms with Gasteiger partial charge in [0.15, 0.2) is 11.8 Å². The van der Waals surface area contributed by atoms with Crippen LogP contribution in [0, 0.1) is 11.3 Å². The first-order valence-electron chi connectivity index (χ1n) is 6.55. The van der Waals surface area contributed by atoms with Gasteiger partial charge in [-0.3, -0.25) is 10.1 Å². The number of rotatable bonds is 5. The molecule has 116 valence electrons. The molecule has 0 fully saturated rings. The highest BCUT2D eigenvalue weighted by molar-refractivity contribution is 14.0. The Kier molecular flexibility index (Phi) is 7.18. The molecule has 1 aromatic heterocycles. The number of hydrogen-bond donors (Lipinski definition) is 4. The van der Waals surface area contributed by atoms with E-state index in [-0.39, 0.29) is 29.8 Å². The van der Waals surface area contributed by atoms with Crippen molar-refractivity contribution < 1.29 is 0 Å². The van der Waals surface area contributed by atoms with Crippen molar-refractivity contribution in [1.82, 2.24) is 10.2 Å². The van der Waals surface area contributed by atoms with E-state index in [1.165, 1.54) is 0 Å². The van der Waals surface area contributed by atoms with Gasteiger partial charge in [0, 0.05) is 12.2 Å². The van der Waals surface area contributed by atoms with Crippen molar-refractivity contribution in [1.29, 1.82) is 5.26 Å². The molecule has 8 heteroatoms. The fourth-order valence-corrected chi connectivity index (χ4v) is 1.86. The van der Waals surface area contributed by atoms with Gasteiger partial charge in [0.2, 0.25) is 0 Å². The van der Waals surface area contributed by atoms with Gasteiger partial charge in [-0.05, 0) is 25.0 Å². The topological polar surface area (TPSA) is 129 Å². The van der Waals surface area contributed by atoms with Crippen LogP contribution in [0.1, 0.15) is 17.7 Å². The number of hydrogen-bond acceptors (Lipinski definition) is 4. The minimum absolute atomic E-state index is 0. The number of anilines is 2.